The van der Waals surface area contributed by atoms with Gasteiger partial charge in [0.05, 0.1) is 12.2 Å². The highest BCUT2D eigenvalue weighted by atomic mass is 16.5. The topological polar surface area (TPSA) is 83.9 Å². The van der Waals surface area contributed by atoms with E-state index in [1.807, 2.05) is 24.3 Å². The third-order valence-electron chi connectivity index (χ3n) is 7.48. The number of benzene rings is 1. The molecule has 1 aromatic heterocycles. The molecule has 7 nitrogen and oxygen atoms in total. The van der Waals surface area contributed by atoms with E-state index in [2.05, 4.69) is 22.3 Å². The van der Waals surface area contributed by atoms with Gasteiger partial charge in [-0.3, -0.25) is 9.69 Å². The number of hydrogen-bond acceptors (Lipinski definition) is 6. The summed E-state index contributed by atoms with van der Waals surface area (Å²) in [5.41, 5.74) is 4.35. The minimum absolute atomic E-state index is 0.00286. The second-order valence-corrected chi connectivity index (χ2v) is 9.95. The third-order valence-corrected chi connectivity index (χ3v) is 7.48. The number of aromatic nitrogens is 1. The highest BCUT2D eigenvalue weighted by molar-refractivity contribution is 5.76. The van der Waals surface area contributed by atoms with Gasteiger partial charge in [-0.25, -0.2) is 4.98 Å². The van der Waals surface area contributed by atoms with E-state index in [4.69, 9.17) is 14.5 Å². The maximum Gasteiger partial charge on any atom is 0.325 e. The third kappa shape index (κ3) is 5.85. The van der Waals surface area contributed by atoms with Crippen LogP contribution in [-0.2, 0) is 27.1 Å². The quantitative estimate of drug-likeness (QED) is 0.484. The summed E-state index contributed by atoms with van der Waals surface area (Å²) in [6.45, 7) is 3.84. The van der Waals surface area contributed by atoms with E-state index in [9.17, 15) is 9.90 Å². The van der Waals surface area contributed by atoms with Crippen molar-refractivity contribution in [3.8, 4) is 0 Å². The smallest absolute Gasteiger partial charge is 0.325 e. The fraction of sp³-hybridized carbons (Fsp3) is 0.571. The van der Waals surface area contributed by atoms with E-state index in [1.165, 1.54) is 12.0 Å². The average Bonchev–Trinajstić information content (AvgIpc) is 3.57. The molecule has 4 heterocycles. The lowest BCUT2D eigenvalue weighted by atomic mass is 9.94. The molecule has 3 aliphatic heterocycles. The molecule has 0 aliphatic carbocycles. The summed E-state index contributed by atoms with van der Waals surface area (Å²) in [6, 6.07) is 11.6. The lowest BCUT2D eigenvalue weighted by molar-refractivity contribution is -0.143. The number of fused-ring (bicyclic) bond motifs is 1. The van der Waals surface area contributed by atoms with Crippen molar-refractivity contribution in [1.29, 1.82) is 0 Å². The van der Waals surface area contributed by atoms with E-state index in [0.29, 0.717) is 13.2 Å². The standard InChI is InChI=1S/C28H37N3O4/c32-28(33)26(24-10-2-1-9-23(24)25-11-6-18-35-25)31-16-14-22(19-31)34-17-4-3-8-21-13-12-20-7-5-15-29-27(20)30-21/h1-2,9-10,12-13,22,25-26H,3-8,11,14-19H2,(H,29,30)(H,32,33)/t22-,25?,26+/m1/s1. The van der Waals surface area contributed by atoms with Crippen molar-refractivity contribution in [2.45, 2.75) is 69.6 Å². The first kappa shape index (κ1) is 24.2. The van der Waals surface area contributed by atoms with Crippen molar-refractivity contribution in [3.63, 3.8) is 0 Å². The predicted octanol–water partition coefficient (Wildman–Crippen LogP) is 4.53. The molecule has 5 rings (SSSR count). The second kappa shape index (κ2) is 11.5. The number of rotatable bonds is 10. The molecule has 35 heavy (non-hydrogen) atoms. The fourth-order valence-electron chi connectivity index (χ4n) is 5.65. The van der Waals surface area contributed by atoms with Gasteiger partial charge in [0.2, 0.25) is 0 Å². The van der Waals surface area contributed by atoms with Crippen molar-refractivity contribution < 1.29 is 19.4 Å². The number of hydrogen-bond donors (Lipinski definition) is 2. The normalized spacial score (nSPS) is 23.1. The predicted molar refractivity (Wildman–Crippen MR) is 135 cm³/mol. The summed E-state index contributed by atoms with van der Waals surface area (Å²) in [7, 11) is 0. The van der Waals surface area contributed by atoms with Crippen LogP contribution in [0.2, 0.25) is 0 Å². The molecule has 0 spiro atoms. The summed E-state index contributed by atoms with van der Waals surface area (Å²) in [5.74, 6) is 0.258. The Morgan fingerprint density at radius 3 is 2.97 bits per heavy atom. The Morgan fingerprint density at radius 1 is 1.20 bits per heavy atom. The fourth-order valence-corrected chi connectivity index (χ4v) is 5.65. The van der Waals surface area contributed by atoms with Crippen LogP contribution in [0, 0.1) is 0 Å². The summed E-state index contributed by atoms with van der Waals surface area (Å²) in [6.07, 6.45) is 8.19. The molecule has 2 fully saturated rings. The molecule has 1 unspecified atom stereocenters. The van der Waals surface area contributed by atoms with E-state index >= 15 is 0 Å². The molecule has 7 heteroatoms. The Kier molecular flexibility index (Phi) is 7.96. The Labute approximate surface area is 207 Å². The number of aliphatic carboxylic acids is 1. The summed E-state index contributed by atoms with van der Waals surface area (Å²) in [4.78, 5) is 19.2. The zero-order valence-electron chi connectivity index (χ0n) is 20.5. The molecule has 0 radical (unpaired) electrons. The molecule has 2 saturated heterocycles. The molecular weight excluding hydrogens is 442 g/mol. The number of carbonyl (C=O) groups is 1. The van der Waals surface area contributed by atoms with Crippen molar-refractivity contribution >= 4 is 11.8 Å². The molecule has 2 N–H and O–H groups in total. The highest BCUT2D eigenvalue weighted by Crippen LogP contribution is 2.36. The molecule has 188 valence electrons. The first-order valence-corrected chi connectivity index (χ1v) is 13.2. The van der Waals surface area contributed by atoms with Crippen molar-refractivity contribution in [2.75, 3.05) is 38.2 Å². The van der Waals surface area contributed by atoms with Crippen LogP contribution in [0.1, 0.15) is 73.1 Å². The van der Waals surface area contributed by atoms with Gasteiger partial charge in [-0.05, 0) is 74.1 Å². The van der Waals surface area contributed by atoms with Gasteiger partial charge >= 0.3 is 5.97 Å². The van der Waals surface area contributed by atoms with Gasteiger partial charge in [0, 0.05) is 38.5 Å². The van der Waals surface area contributed by atoms with Gasteiger partial charge in [0.25, 0.3) is 0 Å². The van der Waals surface area contributed by atoms with Crippen molar-refractivity contribution in [3.05, 3.63) is 58.8 Å². The van der Waals surface area contributed by atoms with Gasteiger partial charge in [-0.2, -0.15) is 0 Å². The molecule has 3 atom stereocenters. The minimum Gasteiger partial charge on any atom is -0.480 e. The molecule has 0 bridgehead atoms. The van der Waals surface area contributed by atoms with Crippen LogP contribution in [0.5, 0.6) is 0 Å². The monoisotopic (exact) mass is 479 g/mol. The Hall–Kier alpha value is -2.48. The van der Waals surface area contributed by atoms with E-state index in [1.54, 1.807) is 0 Å². The minimum atomic E-state index is -0.803. The lowest BCUT2D eigenvalue weighted by Crippen LogP contribution is -2.34. The van der Waals surface area contributed by atoms with Crippen LogP contribution in [0.15, 0.2) is 36.4 Å². The first-order valence-electron chi connectivity index (χ1n) is 13.2. The summed E-state index contributed by atoms with van der Waals surface area (Å²) >= 11 is 0. The maximum absolute atomic E-state index is 12.4. The SMILES string of the molecule is O=C(O)[C@H](c1ccccc1C1CCCO1)N1CC[C@@H](OCCCCc2ccc3c(n2)NCCC3)C1. The average molecular weight is 480 g/mol. The van der Waals surface area contributed by atoms with Gasteiger partial charge in [-0.1, -0.05) is 30.3 Å². The Morgan fingerprint density at radius 2 is 2.11 bits per heavy atom. The molecule has 3 aliphatic rings. The number of ether oxygens (including phenoxy) is 2. The number of aryl methyl sites for hydroxylation is 2. The van der Waals surface area contributed by atoms with Crippen molar-refractivity contribution in [2.24, 2.45) is 0 Å². The Bertz CT molecular complexity index is 1010. The van der Waals surface area contributed by atoms with Crippen LogP contribution < -0.4 is 5.32 Å². The number of nitrogens with one attached hydrogen (secondary N) is 1. The van der Waals surface area contributed by atoms with Gasteiger partial charge in [0.15, 0.2) is 0 Å². The number of nitrogens with zero attached hydrogens (tertiary/aromatic N) is 2. The molecule has 1 aromatic carbocycles. The lowest BCUT2D eigenvalue weighted by Gasteiger charge is -2.27. The zero-order valence-corrected chi connectivity index (χ0v) is 20.5. The molecule has 0 amide bonds. The van der Waals surface area contributed by atoms with Gasteiger partial charge in [-0.15, -0.1) is 0 Å². The summed E-state index contributed by atoms with van der Waals surface area (Å²) < 4.78 is 12.1. The van der Waals surface area contributed by atoms with Crippen LogP contribution in [0.3, 0.4) is 0 Å². The maximum atomic E-state index is 12.4. The molecular formula is C28H37N3O4. The number of anilines is 1. The van der Waals surface area contributed by atoms with Gasteiger partial charge in [0.1, 0.15) is 11.9 Å². The van der Waals surface area contributed by atoms with Crippen LogP contribution in [0.25, 0.3) is 0 Å². The number of carboxylic acids is 1. The largest absolute Gasteiger partial charge is 0.480 e. The van der Waals surface area contributed by atoms with E-state index in [0.717, 1.165) is 87.3 Å². The number of unbranched alkanes of at least 4 members (excludes halogenated alkanes) is 1. The van der Waals surface area contributed by atoms with Crippen molar-refractivity contribution in [1.82, 2.24) is 9.88 Å². The summed E-state index contributed by atoms with van der Waals surface area (Å²) in [5, 5.41) is 13.5. The number of carboxylic acid groups (broad SMARTS) is 1. The molecule has 2 aromatic rings. The van der Waals surface area contributed by atoms with Gasteiger partial charge < -0.3 is 19.9 Å². The van der Waals surface area contributed by atoms with Crippen LogP contribution in [-0.4, -0.2) is 59.9 Å². The second-order valence-electron chi connectivity index (χ2n) is 9.95. The Balaban J connectivity index is 1.10. The number of likely N-dealkylation sites (tertiary alicyclic amines) is 1. The van der Waals surface area contributed by atoms with Crippen LogP contribution >= 0.6 is 0 Å². The zero-order chi connectivity index (χ0) is 24.0. The highest BCUT2D eigenvalue weighted by Gasteiger charge is 2.36. The first-order chi connectivity index (χ1) is 17.2. The van der Waals surface area contributed by atoms with E-state index < -0.39 is 12.0 Å². The van der Waals surface area contributed by atoms with E-state index in [-0.39, 0.29) is 12.2 Å². The van der Waals surface area contributed by atoms with Crippen LogP contribution in [0.4, 0.5) is 5.82 Å². The number of pyridine rings is 1. The molecule has 0 saturated carbocycles.